The van der Waals surface area contributed by atoms with Crippen molar-refractivity contribution in [3.63, 3.8) is 0 Å². The van der Waals surface area contributed by atoms with E-state index in [9.17, 15) is 4.79 Å². The fourth-order valence-electron chi connectivity index (χ4n) is 2.57. The summed E-state index contributed by atoms with van der Waals surface area (Å²) in [4.78, 5) is 19.6. The zero-order valence-corrected chi connectivity index (χ0v) is 13.3. The van der Waals surface area contributed by atoms with E-state index in [0.29, 0.717) is 16.3 Å². The summed E-state index contributed by atoms with van der Waals surface area (Å²) in [5.74, 6) is 0.761. The minimum atomic E-state index is -0.238. The van der Waals surface area contributed by atoms with Gasteiger partial charge in [0, 0.05) is 11.1 Å². The normalized spacial score (nSPS) is 11.3. The number of aryl methyl sites for hydroxylation is 1. The van der Waals surface area contributed by atoms with Gasteiger partial charge in [-0.05, 0) is 30.2 Å². The first kappa shape index (κ1) is 14.1. The number of aromatic amines is 1. The van der Waals surface area contributed by atoms with Crippen molar-refractivity contribution in [2.24, 2.45) is 0 Å². The van der Waals surface area contributed by atoms with Crippen LogP contribution in [0.3, 0.4) is 0 Å². The van der Waals surface area contributed by atoms with E-state index in [1.165, 1.54) is 22.9 Å². The predicted octanol–water partition coefficient (Wildman–Crippen LogP) is 4.27. The SMILES string of the molecule is Cc1ccccc1CSc1nc2c(oc3ccccc32)c(=O)[nH]1. The first-order valence-electron chi connectivity index (χ1n) is 7.31. The van der Waals surface area contributed by atoms with Gasteiger partial charge in [-0.25, -0.2) is 4.98 Å². The van der Waals surface area contributed by atoms with E-state index in [0.717, 1.165) is 11.1 Å². The molecule has 4 aromatic rings. The molecule has 4 rings (SSSR count). The molecule has 0 fully saturated rings. The summed E-state index contributed by atoms with van der Waals surface area (Å²) < 4.78 is 5.60. The monoisotopic (exact) mass is 322 g/mol. The van der Waals surface area contributed by atoms with Gasteiger partial charge in [0.2, 0.25) is 5.58 Å². The number of hydrogen-bond donors (Lipinski definition) is 1. The van der Waals surface area contributed by atoms with Gasteiger partial charge in [0.05, 0.1) is 0 Å². The molecule has 0 unspecified atom stereocenters. The summed E-state index contributed by atoms with van der Waals surface area (Å²) in [5, 5.41) is 1.48. The molecular formula is C18H14N2O2S. The highest BCUT2D eigenvalue weighted by atomic mass is 32.2. The van der Waals surface area contributed by atoms with Crippen LogP contribution in [0.4, 0.5) is 0 Å². The van der Waals surface area contributed by atoms with Crippen LogP contribution in [0.25, 0.3) is 22.1 Å². The average Bonchev–Trinajstić information content (AvgIpc) is 2.94. The third kappa shape index (κ3) is 2.53. The largest absolute Gasteiger partial charge is 0.449 e. The van der Waals surface area contributed by atoms with Crippen LogP contribution in [-0.2, 0) is 5.75 Å². The van der Waals surface area contributed by atoms with Crippen LogP contribution in [0.1, 0.15) is 11.1 Å². The van der Waals surface area contributed by atoms with Gasteiger partial charge in [0.25, 0.3) is 5.56 Å². The van der Waals surface area contributed by atoms with E-state index in [-0.39, 0.29) is 11.1 Å². The summed E-state index contributed by atoms with van der Waals surface area (Å²) in [6.45, 7) is 2.08. The van der Waals surface area contributed by atoms with Crippen molar-refractivity contribution in [3.05, 3.63) is 70.0 Å². The second-order valence-electron chi connectivity index (χ2n) is 5.36. The fourth-order valence-corrected chi connectivity index (χ4v) is 3.50. The molecule has 0 aliphatic heterocycles. The first-order chi connectivity index (χ1) is 11.2. The first-order valence-corrected chi connectivity index (χ1v) is 8.30. The number of H-pyrrole nitrogens is 1. The lowest BCUT2D eigenvalue weighted by atomic mass is 10.1. The van der Waals surface area contributed by atoms with Crippen molar-refractivity contribution in [2.75, 3.05) is 0 Å². The molecule has 0 atom stereocenters. The van der Waals surface area contributed by atoms with Crippen LogP contribution >= 0.6 is 11.8 Å². The molecule has 0 bridgehead atoms. The Labute approximate surface area is 136 Å². The van der Waals surface area contributed by atoms with Crippen molar-refractivity contribution in [1.29, 1.82) is 0 Å². The topological polar surface area (TPSA) is 58.9 Å². The molecule has 0 radical (unpaired) electrons. The van der Waals surface area contributed by atoms with Crippen molar-refractivity contribution in [1.82, 2.24) is 9.97 Å². The molecule has 2 aromatic heterocycles. The Morgan fingerprint density at radius 1 is 1.13 bits per heavy atom. The average molecular weight is 322 g/mol. The Balaban J connectivity index is 1.75. The van der Waals surface area contributed by atoms with Crippen LogP contribution in [-0.4, -0.2) is 9.97 Å². The van der Waals surface area contributed by atoms with Crippen LogP contribution in [0.2, 0.25) is 0 Å². The van der Waals surface area contributed by atoms with E-state index in [4.69, 9.17) is 4.42 Å². The number of benzene rings is 2. The van der Waals surface area contributed by atoms with Gasteiger partial charge in [-0.2, -0.15) is 0 Å². The minimum absolute atomic E-state index is 0.238. The maximum Gasteiger partial charge on any atom is 0.295 e. The van der Waals surface area contributed by atoms with E-state index in [1.54, 1.807) is 0 Å². The van der Waals surface area contributed by atoms with E-state index in [1.807, 2.05) is 36.4 Å². The molecule has 0 saturated heterocycles. The van der Waals surface area contributed by atoms with Gasteiger partial charge in [0.1, 0.15) is 11.1 Å². The maximum atomic E-state index is 12.2. The third-order valence-corrected chi connectivity index (χ3v) is 4.76. The fraction of sp³-hybridized carbons (Fsp3) is 0.111. The molecule has 1 N–H and O–H groups in total. The smallest absolute Gasteiger partial charge is 0.295 e. The lowest BCUT2D eigenvalue weighted by Crippen LogP contribution is -2.07. The van der Waals surface area contributed by atoms with Crippen molar-refractivity contribution in [2.45, 2.75) is 17.8 Å². The number of nitrogens with one attached hydrogen (secondary N) is 1. The highest BCUT2D eigenvalue weighted by Gasteiger charge is 2.13. The van der Waals surface area contributed by atoms with Crippen LogP contribution in [0.15, 0.2) is 62.9 Å². The number of nitrogens with zero attached hydrogens (tertiary/aromatic N) is 1. The number of hydrogen-bond acceptors (Lipinski definition) is 4. The van der Waals surface area contributed by atoms with Crippen LogP contribution in [0.5, 0.6) is 0 Å². The van der Waals surface area contributed by atoms with Crippen molar-refractivity contribution < 1.29 is 4.42 Å². The van der Waals surface area contributed by atoms with Gasteiger partial charge in [-0.15, -0.1) is 0 Å². The second-order valence-corrected chi connectivity index (χ2v) is 6.33. The van der Waals surface area contributed by atoms with E-state index < -0.39 is 0 Å². The molecule has 4 nitrogen and oxygen atoms in total. The Morgan fingerprint density at radius 3 is 2.78 bits per heavy atom. The lowest BCUT2D eigenvalue weighted by Gasteiger charge is -2.04. The Bertz CT molecular complexity index is 1070. The standard InChI is InChI=1S/C18H14N2O2S/c1-11-6-2-3-7-12(11)10-23-18-19-15-13-8-4-5-9-14(13)22-16(15)17(21)20-18/h2-9H,10H2,1H3,(H,19,20,21). The zero-order chi connectivity index (χ0) is 15.8. The maximum absolute atomic E-state index is 12.2. The van der Waals surface area contributed by atoms with Crippen LogP contribution < -0.4 is 5.56 Å². The van der Waals surface area contributed by atoms with Crippen molar-refractivity contribution >= 4 is 33.8 Å². The molecule has 5 heteroatoms. The number of para-hydroxylation sites is 1. The third-order valence-electron chi connectivity index (χ3n) is 3.83. The molecule has 0 aliphatic carbocycles. The highest BCUT2D eigenvalue weighted by Crippen LogP contribution is 2.27. The van der Waals surface area contributed by atoms with Gasteiger partial charge < -0.3 is 4.42 Å². The molecule has 0 amide bonds. The number of fused-ring (bicyclic) bond motifs is 3. The summed E-state index contributed by atoms with van der Waals surface area (Å²) in [6, 6.07) is 15.8. The van der Waals surface area contributed by atoms with E-state index in [2.05, 4.69) is 29.0 Å². The summed E-state index contributed by atoms with van der Waals surface area (Å²) >= 11 is 1.52. The summed E-state index contributed by atoms with van der Waals surface area (Å²) in [6.07, 6.45) is 0. The molecule has 114 valence electrons. The molecular weight excluding hydrogens is 308 g/mol. The molecule has 2 aromatic carbocycles. The van der Waals surface area contributed by atoms with Gasteiger partial charge in [-0.1, -0.05) is 48.2 Å². The summed E-state index contributed by atoms with van der Waals surface area (Å²) in [5.41, 5.74) is 3.82. The minimum Gasteiger partial charge on any atom is -0.449 e. The summed E-state index contributed by atoms with van der Waals surface area (Å²) in [7, 11) is 0. The highest BCUT2D eigenvalue weighted by molar-refractivity contribution is 7.98. The molecule has 23 heavy (non-hydrogen) atoms. The van der Waals surface area contributed by atoms with Gasteiger partial charge in [0.15, 0.2) is 5.16 Å². The zero-order valence-electron chi connectivity index (χ0n) is 12.5. The second kappa shape index (κ2) is 5.59. The van der Waals surface area contributed by atoms with Gasteiger partial charge in [-0.3, -0.25) is 9.78 Å². The Morgan fingerprint density at radius 2 is 1.91 bits per heavy atom. The molecule has 0 spiro atoms. The number of thioether (sulfide) groups is 1. The number of aromatic nitrogens is 2. The molecule has 0 aliphatic rings. The lowest BCUT2D eigenvalue weighted by molar-refractivity contribution is 0.658. The molecule has 2 heterocycles. The predicted molar refractivity (Wildman–Crippen MR) is 92.9 cm³/mol. The Kier molecular flexibility index (Phi) is 3.42. The number of furan rings is 1. The quantitative estimate of drug-likeness (QED) is 0.452. The van der Waals surface area contributed by atoms with Gasteiger partial charge >= 0.3 is 0 Å². The van der Waals surface area contributed by atoms with Crippen molar-refractivity contribution in [3.8, 4) is 0 Å². The number of rotatable bonds is 3. The van der Waals surface area contributed by atoms with E-state index >= 15 is 0 Å². The molecule has 0 saturated carbocycles. The van der Waals surface area contributed by atoms with Crippen LogP contribution in [0, 0.1) is 6.92 Å². The Hall–Kier alpha value is -2.53.